The van der Waals surface area contributed by atoms with Crippen LogP contribution in [0.5, 0.6) is 0 Å². The number of alkyl halides is 3. The number of carbonyl (C=O) groups excluding carboxylic acids is 1. The average molecular weight is 515 g/mol. The molecule has 2 aliphatic rings. The number of carbonyl (C=O) groups is 2. The average Bonchev–Trinajstić information content (AvgIpc) is 3.15. The number of amides is 2. The highest BCUT2D eigenvalue weighted by Gasteiger charge is 2.38. The molecule has 0 radical (unpaired) electrons. The number of piperidine rings is 1. The summed E-state index contributed by atoms with van der Waals surface area (Å²) >= 11 is 13.0. The molecule has 0 aliphatic carbocycles. The number of nitrogens with zero attached hydrogens (tertiary/aromatic N) is 2. The van der Waals surface area contributed by atoms with Crippen molar-refractivity contribution in [3.63, 3.8) is 0 Å². The summed E-state index contributed by atoms with van der Waals surface area (Å²) in [5.74, 6) is -0.297. The molecule has 2 aliphatic heterocycles. The first kappa shape index (κ1) is 24.7. The van der Waals surface area contributed by atoms with E-state index in [2.05, 4.69) is 0 Å². The summed E-state index contributed by atoms with van der Waals surface area (Å²) in [6.07, 6.45) is -3.20. The zero-order chi connectivity index (χ0) is 24.6. The van der Waals surface area contributed by atoms with E-state index in [1.807, 2.05) is 4.90 Å². The molecule has 2 aromatic carbocycles. The second-order valence-electron chi connectivity index (χ2n) is 8.72. The van der Waals surface area contributed by atoms with Gasteiger partial charge in [-0.05, 0) is 66.6 Å². The molecule has 0 aromatic heterocycles. The van der Waals surface area contributed by atoms with Gasteiger partial charge < -0.3 is 14.9 Å². The molecule has 2 aromatic rings. The largest absolute Gasteiger partial charge is 0.465 e. The Hall–Kier alpha value is -2.45. The maximum Gasteiger partial charge on any atom is 0.416 e. The Morgan fingerprint density at radius 1 is 1.00 bits per heavy atom. The molecule has 10 heteroatoms. The van der Waals surface area contributed by atoms with Crippen molar-refractivity contribution in [3.8, 4) is 11.1 Å². The molecule has 5 nitrogen and oxygen atoms in total. The van der Waals surface area contributed by atoms with E-state index < -0.39 is 17.8 Å². The first-order valence-corrected chi connectivity index (χ1v) is 11.7. The molecule has 34 heavy (non-hydrogen) atoms. The van der Waals surface area contributed by atoms with E-state index in [4.69, 9.17) is 28.3 Å². The Morgan fingerprint density at radius 2 is 1.65 bits per heavy atom. The molecular formula is C24H23Cl2F3N2O3. The number of likely N-dealkylation sites (tertiary alicyclic amines) is 2. The third-order valence-electron chi connectivity index (χ3n) is 6.64. The van der Waals surface area contributed by atoms with Crippen LogP contribution in [0.1, 0.15) is 30.4 Å². The summed E-state index contributed by atoms with van der Waals surface area (Å²) in [6, 6.07) is 8.13. The lowest BCUT2D eigenvalue weighted by Gasteiger charge is -2.35. The number of hydrogen-bond donors (Lipinski definition) is 1. The van der Waals surface area contributed by atoms with Crippen LogP contribution in [0.2, 0.25) is 10.0 Å². The summed E-state index contributed by atoms with van der Waals surface area (Å²) in [7, 11) is 0. The molecule has 2 heterocycles. The van der Waals surface area contributed by atoms with Gasteiger partial charge in [0.1, 0.15) is 0 Å². The Kier molecular flexibility index (Phi) is 7.01. The zero-order valence-electron chi connectivity index (χ0n) is 18.1. The van der Waals surface area contributed by atoms with Gasteiger partial charge in [0, 0.05) is 41.6 Å². The Labute approximate surface area is 205 Å². The van der Waals surface area contributed by atoms with Crippen LogP contribution in [0.15, 0.2) is 36.4 Å². The molecule has 1 atom stereocenters. The second-order valence-corrected chi connectivity index (χ2v) is 9.53. The standard InChI is InChI=1S/C24H23Cl2F3N2O3/c25-20-12-16(14-2-1-3-17(10-14)24(27,28)29)13-21(26)19(20)11-15-4-9-31(22(15)32)18-5-7-30(8-6-18)23(33)34/h1-3,10,12-13,15,18H,4-9,11H2,(H,33,34). The smallest absolute Gasteiger partial charge is 0.416 e. The van der Waals surface area contributed by atoms with Crippen LogP contribution in [-0.2, 0) is 17.4 Å². The van der Waals surface area contributed by atoms with Gasteiger partial charge in [-0.3, -0.25) is 4.79 Å². The number of rotatable bonds is 4. The Bertz CT molecular complexity index is 1080. The molecule has 0 bridgehead atoms. The molecule has 182 valence electrons. The predicted octanol–water partition coefficient (Wildman–Crippen LogP) is 6.21. The first-order chi connectivity index (χ1) is 16.0. The summed E-state index contributed by atoms with van der Waals surface area (Å²) in [5.41, 5.74) is 0.655. The van der Waals surface area contributed by atoms with Crippen LogP contribution in [0.3, 0.4) is 0 Å². The van der Waals surface area contributed by atoms with Gasteiger partial charge in [0.2, 0.25) is 5.91 Å². The van der Waals surface area contributed by atoms with E-state index >= 15 is 0 Å². The molecule has 0 spiro atoms. The fourth-order valence-corrected chi connectivity index (χ4v) is 5.41. The van der Waals surface area contributed by atoms with Crippen LogP contribution in [-0.4, -0.2) is 52.6 Å². The lowest BCUT2D eigenvalue weighted by Crippen LogP contribution is -2.47. The third kappa shape index (κ3) is 5.13. The van der Waals surface area contributed by atoms with Gasteiger partial charge in [0.25, 0.3) is 0 Å². The van der Waals surface area contributed by atoms with Gasteiger partial charge >= 0.3 is 12.3 Å². The van der Waals surface area contributed by atoms with Crippen LogP contribution < -0.4 is 0 Å². The summed E-state index contributed by atoms with van der Waals surface area (Å²) in [5, 5.41) is 9.72. The van der Waals surface area contributed by atoms with Crippen LogP contribution in [0.4, 0.5) is 18.0 Å². The van der Waals surface area contributed by atoms with E-state index in [0.29, 0.717) is 72.1 Å². The van der Waals surface area contributed by atoms with Crippen molar-refractivity contribution >= 4 is 35.2 Å². The van der Waals surface area contributed by atoms with Crippen molar-refractivity contribution < 1.29 is 27.9 Å². The fraction of sp³-hybridized carbons (Fsp3) is 0.417. The predicted molar refractivity (Wildman–Crippen MR) is 123 cm³/mol. The summed E-state index contributed by atoms with van der Waals surface area (Å²) < 4.78 is 39.2. The first-order valence-electron chi connectivity index (χ1n) is 11.0. The lowest BCUT2D eigenvalue weighted by atomic mass is 9.95. The van der Waals surface area contributed by atoms with Gasteiger partial charge in [0.15, 0.2) is 0 Å². The van der Waals surface area contributed by atoms with Crippen molar-refractivity contribution in [2.24, 2.45) is 5.92 Å². The zero-order valence-corrected chi connectivity index (χ0v) is 19.6. The molecule has 1 N–H and O–H groups in total. The molecule has 2 saturated heterocycles. The SMILES string of the molecule is O=C(O)N1CCC(N2CCC(Cc3c(Cl)cc(-c4cccc(C(F)(F)F)c4)cc3Cl)C2=O)CC1. The van der Waals surface area contributed by atoms with Crippen LogP contribution in [0.25, 0.3) is 11.1 Å². The second kappa shape index (κ2) is 9.66. The third-order valence-corrected chi connectivity index (χ3v) is 7.32. The quantitative estimate of drug-likeness (QED) is 0.527. The van der Waals surface area contributed by atoms with E-state index in [0.717, 1.165) is 12.1 Å². The minimum Gasteiger partial charge on any atom is -0.465 e. The number of hydrogen-bond acceptors (Lipinski definition) is 2. The van der Waals surface area contributed by atoms with Gasteiger partial charge in [-0.25, -0.2) is 4.79 Å². The van der Waals surface area contributed by atoms with E-state index in [1.165, 1.54) is 11.0 Å². The van der Waals surface area contributed by atoms with Gasteiger partial charge in [0.05, 0.1) is 5.56 Å². The van der Waals surface area contributed by atoms with Crippen molar-refractivity contribution in [2.75, 3.05) is 19.6 Å². The monoisotopic (exact) mass is 514 g/mol. The molecule has 2 fully saturated rings. The van der Waals surface area contributed by atoms with E-state index in [1.54, 1.807) is 18.2 Å². The minimum absolute atomic E-state index is 0.00265. The Morgan fingerprint density at radius 3 is 2.24 bits per heavy atom. The van der Waals surface area contributed by atoms with Gasteiger partial charge in [-0.15, -0.1) is 0 Å². The van der Waals surface area contributed by atoms with Crippen molar-refractivity contribution in [3.05, 3.63) is 57.6 Å². The molecule has 0 saturated carbocycles. The summed E-state index contributed by atoms with van der Waals surface area (Å²) in [4.78, 5) is 27.4. The topological polar surface area (TPSA) is 60.9 Å². The van der Waals surface area contributed by atoms with Crippen molar-refractivity contribution in [1.82, 2.24) is 9.80 Å². The molecule has 4 rings (SSSR count). The minimum atomic E-state index is -4.46. The molecule has 1 unspecified atom stereocenters. The normalized spacial score (nSPS) is 19.7. The lowest BCUT2D eigenvalue weighted by molar-refractivity contribution is -0.137. The maximum absolute atomic E-state index is 13.1. The fourth-order valence-electron chi connectivity index (χ4n) is 4.77. The number of halogens is 5. The highest BCUT2D eigenvalue weighted by Crippen LogP contribution is 2.38. The number of benzene rings is 2. The van der Waals surface area contributed by atoms with E-state index in [-0.39, 0.29) is 17.9 Å². The maximum atomic E-state index is 13.1. The van der Waals surface area contributed by atoms with Crippen LogP contribution >= 0.6 is 23.2 Å². The Balaban J connectivity index is 1.47. The van der Waals surface area contributed by atoms with Crippen LogP contribution in [0, 0.1) is 5.92 Å². The van der Waals surface area contributed by atoms with Gasteiger partial charge in [-0.2, -0.15) is 13.2 Å². The van der Waals surface area contributed by atoms with E-state index in [9.17, 15) is 22.8 Å². The van der Waals surface area contributed by atoms with Crippen molar-refractivity contribution in [1.29, 1.82) is 0 Å². The molecule has 2 amide bonds. The number of carboxylic acid groups (broad SMARTS) is 1. The van der Waals surface area contributed by atoms with Gasteiger partial charge in [-0.1, -0.05) is 35.3 Å². The summed E-state index contributed by atoms with van der Waals surface area (Å²) in [6.45, 7) is 1.41. The molecular weight excluding hydrogens is 492 g/mol. The highest BCUT2D eigenvalue weighted by atomic mass is 35.5. The van der Waals surface area contributed by atoms with Crippen molar-refractivity contribution in [2.45, 2.75) is 37.9 Å². The highest BCUT2D eigenvalue weighted by molar-refractivity contribution is 6.36.